The molecule has 5 heteroatoms. The molecule has 2 N–H and O–H groups in total. The molecule has 4 nitrogen and oxygen atoms in total. The lowest BCUT2D eigenvalue weighted by atomic mass is 10.1. The van der Waals surface area contributed by atoms with Gasteiger partial charge in [0.2, 0.25) is 0 Å². The van der Waals surface area contributed by atoms with E-state index in [9.17, 15) is 5.11 Å². The number of rotatable bonds is 4. The van der Waals surface area contributed by atoms with Crippen LogP contribution in [0.15, 0.2) is 72.9 Å². The Labute approximate surface area is 150 Å². The highest BCUT2D eigenvalue weighted by molar-refractivity contribution is 6.30. The zero-order valence-corrected chi connectivity index (χ0v) is 14.1. The molecule has 0 saturated heterocycles. The van der Waals surface area contributed by atoms with Crippen LogP contribution in [0, 0.1) is 0 Å². The summed E-state index contributed by atoms with van der Waals surface area (Å²) in [5.41, 5.74) is 3.29. The molecule has 0 unspecified atom stereocenters. The smallest absolute Gasteiger partial charge is 0.139 e. The van der Waals surface area contributed by atoms with E-state index < -0.39 is 0 Å². The van der Waals surface area contributed by atoms with Gasteiger partial charge in [-0.25, -0.2) is 4.98 Å². The fraction of sp³-hybridized carbons (Fsp3) is 0.0500. The predicted octanol–water partition coefficient (Wildman–Crippen LogP) is 4.97. The van der Waals surface area contributed by atoms with Crippen molar-refractivity contribution in [3.05, 3.63) is 83.5 Å². The molecule has 4 aromatic rings. The van der Waals surface area contributed by atoms with E-state index in [0.29, 0.717) is 22.8 Å². The quantitative estimate of drug-likeness (QED) is 0.546. The summed E-state index contributed by atoms with van der Waals surface area (Å²) in [6.07, 6.45) is 1.82. The Morgan fingerprint density at radius 3 is 2.52 bits per heavy atom. The van der Waals surface area contributed by atoms with Gasteiger partial charge in [-0.15, -0.1) is 0 Å². The third-order valence-electron chi connectivity index (χ3n) is 4.04. The topological polar surface area (TPSA) is 49.6 Å². The maximum absolute atomic E-state index is 10.3. The van der Waals surface area contributed by atoms with E-state index in [-0.39, 0.29) is 5.75 Å². The Balaban J connectivity index is 1.83. The second-order valence-corrected chi connectivity index (χ2v) is 6.18. The Kier molecular flexibility index (Phi) is 4.04. The average Bonchev–Trinajstić information content (AvgIpc) is 2.99. The first kappa shape index (κ1) is 15.5. The molecule has 2 aromatic heterocycles. The molecule has 0 saturated carbocycles. The third kappa shape index (κ3) is 3.04. The van der Waals surface area contributed by atoms with Crippen LogP contribution in [0.3, 0.4) is 0 Å². The molecule has 0 radical (unpaired) electrons. The van der Waals surface area contributed by atoms with Gasteiger partial charge in [0.05, 0.1) is 5.02 Å². The van der Waals surface area contributed by atoms with Gasteiger partial charge >= 0.3 is 0 Å². The summed E-state index contributed by atoms with van der Waals surface area (Å²) in [5.74, 6) is 0.989. The van der Waals surface area contributed by atoms with Crippen LogP contribution in [-0.4, -0.2) is 14.5 Å². The SMILES string of the molecule is Oc1ccccc1-c1nc2ccc(Cl)cn2c1NCc1ccccc1. The highest BCUT2D eigenvalue weighted by Gasteiger charge is 2.16. The fourth-order valence-electron chi connectivity index (χ4n) is 2.83. The fourth-order valence-corrected chi connectivity index (χ4v) is 2.99. The summed E-state index contributed by atoms with van der Waals surface area (Å²) in [4.78, 5) is 4.68. The molecule has 0 aliphatic carbocycles. The minimum atomic E-state index is 0.194. The molecule has 2 aromatic carbocycles. The minimum Gasteiger partial charge on any atom is -0.507 e. The molecule has 4 rings (SSSR count). The number of fused-ring (bicyclic) bond motifs is 1. The van der Waals surface area contributed by atoms with Crippen molar-refractivity contribution in [2.75, 3.05) is 5.32 Å². The number of nitrogens with zero attached hydrogens (tertiary/aromatic N) is 2. The van der Waals surface area contributed by atoms with E-state index in [1.165, 1.54) is 0 Å². The van der Waals surface area contributed by atoms with E-state index in [2.05, 4.69) is 22.4 Å². The first-order valence-corrected chi connectivity index (χ1v) is 8.34. The Morgan fingerprint density at radius 1 is 0.960 bits per heavy atom. The molecule has 0 atom stereocenters. The van der Waals surface area contributed by atoms with Gasteiger partial charge < -0.3 is 10.4 Å². The monoisotopic (exact) mass is 349 g/mol. The number of halogens is 1. The average molecular weight is 350 g/mol. The second-order valence-electron chi connectivity index (χ2n) is 5.74. The Morgan fingerprint density at radius 2 is 1.72 bits per heavy atom. The molecule has 0 bridgehead atoms. The minimum absolute atomic E-state index is 0.194. The molecule has 0 fully saturated rings. The summed E-state index contributed by atoms with van der Waals surface area (Å²) < 4.78 is 1.91. The maximum atomic E-state index is 10.3. The number of benzene rings is 2. The van der Waals surface area contributed by atoms with Gasteiger partial charge in [-0.3, -0.25) is 4.40 Å². The lowest BCUT2D eigenvalue weighted by Gasteiger charge is -2.10. The van der Waals surface area contributed by atoms with Crippen molar-refractivity contribution in [2.45, 2.75) is 6.54 Å². The lowest BCUT2D eigenvalue weighted by Crippen LogP contribution is -2.03. The van der Waals surface area contributed by atoms with E-state index in [1.54, 1.807) is 18.2 Å². The van der Waals surface area contributed by atoms with Gasteiger partial charge in [0.15, 0.2) is 0 Å². The van der Waals surface area contributed by atoms with Gasteiger partial charge in [0.25, 0.3) is 0 Å². The molecular weight excluding hydrogens is 334 g/mol. The van der Waals surface area contributed by atoms with E-state index in [0.717, 1.165) is 17.0 Å². The summed E-state index contributed by atoms with van der Waals surface area (Å²) in [6, 6.07) is 21.0. The standard InChI is InChI=1S/C20H16ClN3O/c21-15-10-11-18-23-19(16-8-4-5-9-17(16)25)20(24(18)13-15)22-12-14-6-2-1-3-7-14/h1-11,13,22,25H,12H2. The van der Waals surface area contributed by atoms with Crippen molar-refractivity contribution in [3.8, 4) is 17.0 Å². The van der Waals surface area contributed by atoms with Gasteiger partial charge in [-0.05, 0) is 29.8 Å². The van der Waals surface area contributed by atoms with Crippen molar-refractivity contribution in [2.24, 2.45) is 0 Å². The van der Waals surface area contributed by atoms with Crippen LogP contribution in [0.25, 0.3) is 16.9 Å². The van der Waals surface area contributed by atoms with E-state index in [4.69, 9.17) is 11.6 Å². The number of imidazole rings is 1. The molecule has 0 aliphatic heterocycles. The van der Waals surface area contributed by atoms with E-state index >= 15 is 0 Å². The number of aromatic nitrogens is 2. The van der Waals surface area contributed by atoms with Gasteiger partial charge in [0, 0.05) is 18.3 Å². The third-order valence-corrected chi connectivity index (χ3v) is 4.27. The lowest BCUT2D eigenvalue weighted by molar-refractivity contribution is 0.477. The number of phenols is 1. The first-order chi connectivity index (χ1) is 12.2. The summed E-state index contributed by atoms with van der Waals surface area (Å²) in [5, 5.41) is 14.3. The second kappa shape index (κ2) is 6.49. The summed E-state index contributed by atoms with van der Waals surface area (Å²) in [6.45, 7) is 0.641. The van der Waals surface area contributed by atoms with Gasteiger partial charge in [-0.2, -0.15) is 0 Å². The zero-order chi connectivity index (χ0) is 17.2. The van der Waals surface area contributed by atoms with Crippen LogP contribution >= 0.6 is 11.6 Å². The number of aromatic hydroxyl groups is 1. The van der Waals surface area contributed by atoms with Crippen molar-refractivity contribution in [1.29, 1.82) is 0 Å². The number of hydrogen-bond donors (Lipinski definition) is 2. The first-order valence-electron chi connectivity index (χ1n) is 7.96. The molecule has 0 aliphatic rings. The van der Waals surface area contributed by atoms with Gasteiger partial charge in [0.1, 0.15) is 22.9 Å². The van der Waals surface area contributed by atoms with Crippen LogP contribution in [0.2, 0.25) is 5.02 Å². The number of anilines is 1. The number of phenolic OH excluding ortho intramolecular Hbond substituents is 1. The molecular formula is C20H16ClN3O. The van der Waals surface area contributed by atoms with Crippen molar-refractivity contribution >= 4 is 23.1 Å². The normalized spacial score (nSPS) is 10.9. The van der Waals surface area contributed by atoms with Crippen LogP contribution < -0.4 is 5.32 Å². The zero-order valence-electron chi connectivity index (χ0n) is 13.4. The summed E-state index contributed by atoms with van der Waals surface area (Å²) in [7, 11) is 0. The maximum Gasteiger partial charge on any atom is 0.139 e. The van der Waals surface area contributed by atoms with Crippen LogP contribution in [-0.2, 0) is 6.54 Å². The predicted molar refractivity (Wildman–Crippen MR) is 101 cm³/mol. The molecule has 2 heterocycles. The number of pyridine rings is 1. The molecule has 0 spiro atoms. The number of para-hydroxylation sites is 1. The molecule has 0 amide bonds. The van der Waals surface area contributed by atoms with Crippen LogP contribution in [0.4, 0.5) is 5.82 Å². The molecule has 25 heavy (non-hydrogen) atoms. The van der Waals surface area contributed by atoms with Crippen molar-refractivity contribution in [1.82, 2.24) is 9.38 Å². The largest absolute Gasteiger partial charge is 0.507 e. The highest BCUT2D eigenvalue weighted by Crippen LogP contribution is 2.35. The van der Waals surface area contributed by atoms with Crippen molar-refractivity contribution in [3.63, 3.8) is 0 Å². The van der Waals surface area contributed by atoms with Crippen molar-refractivity contribution < 1.29 is 5.11 Å². The Hall–Kier alpha value is -2.98. The highest BCUT2D eigenvalue weighted by atomic mass is 35.5. The van der Waals surface area contributed by atoms with Crippen LogP contribution in [0.5, 0.6) is 5.75 Å². The number of hydrogen-bond acceptors (Lipinski definition) is 3. The van der Waals surface area contributed by atoms with Gasteiger partial charge in [-0.1, -0.05) is 54.1 Å². The van der Waals surface area contributed by atoms with Crippen LogP contribution in [0.1, 0.15) is 5.56 Å². The number of nitrogens with one attached hydrogen (secondary N) is 1. The molecule has 124 valence electrons. The Bertz CT molecular complexity index is 1030. The van der Waals surface area contributed by atoms with E-state index in [1.807, 2.05) is 47.0 Å². The summed E-state index contributed by atoms with van der Waals surface area (Å²) >= 11 is 6.17.